The highest BCUT2D eigenvalue weighted by Gasteiger charge is 2.37. The van der Waals surface area contributed by atoms with Crippen LogP contribution in [-0.4, -0.2) is 0 Å². The molecule has 56 heavy (non-hydrogen) atoms. The quantitative estimate of drug-likeness (QED) is 0.158. The third-order valence-corrected chi connectivity index (χ3v) is 12.6. The molecular weight excluding hydrogens is 675 g/mol. The van der Waals surface area contributed by atoms with Crippen molar-refractivity contribution >= 4 is 27.8 Å². The van der Waals surface area contributed by atoms with Gasteiger partial charge in [0.1, 0.15) is 0 Å². The summed E-state index contributed by atoms with van der Waals surface area (Å²) < 4.78 is 0. The summed E-state index contributed by atoms with van der Waals surface area (Å²) in [7, 11) is 0. The molecule has 1 nitrogen and oxygen atoms in total. The fraction of sp³-hybridized carbons (Fsp3) is 0.164. The molecule has 2 aliphatic rings. The van der Waals surface area contributed by atoms with E-state index in [0.717, 1.165) is 11.4 Å². The second-order valence-electron chi connectivity index (χ2n) is 16.3. The lowest BCUT2D eigenvalue weighted by Crippen LogP contribution is -2.16. The fourth-order valence-corrected chi connectivity index (χ4v) is 10.1. The Labute approximate surface area is 331 Å². The van der Waals surface area contributed by atoms with Crippen LogP contribution in [0.15, 0.2) is 182 Å². The summed E-state index contributed by atoms with van der Waals surface area (Å²) in [5.41, 5.74) is 17.8. The zero-order chi connectivity index (χ0) is 37.6. The molecule has 1 fully saturated rings. The molecule has 0 radical (unpaired) electrons. The normalized spacial score (nSPS) is 14.7. The monoisotopic (exact) mass is 721 g/mol. The highest BCUT2D eigenvalue weighted by Crippen LogP contribution is 2.53. The molecular formula is C55H47N. The standard InChI is InChI=1S/C55H47N/c1-55(2)50-34-12-9-28-46(50)49-33-18-31-45(54(49)55)41-25-15-26-42(37-41)56(51-35-13-10-27-43(51)38-19-5-3-6-20-38)52-36-14-11-29-47(52)48-32-17-24-40-23-16-30-44(53(40)48)39-21-7-4-8-22-39/h3,5-6,9-20,23-37,39H,4,7-8,21-22H2,1-2H3. The molecule has 2 aliphatic carbocycles. The van der Waals surface area contributed by atoms with Crippen molar-refractivity contribution in [2.24, 2.45) is 0 Å². The third-order valence-electron chi connectivity index (χ3n) is 12.6. The van der Waals surface area contributed by atoms with E-state index >= 15 is 0 Å². The summed E-state index contributed by atoms with van der Waals surface area (Å²) in [6.07, 6.45) is 6.51. The van der Waals surface area contributed by atoms with Crippen molar-refractivity contribution in [3.05, 3.63) is 199 Å². The highest BCUT2D eigenvalue weighted by atomic mass is 15.1. The number of para-hydroxylation sites is 2. The van der Waals surface area contributed by atoms with Gasteiger partial charge in [0.15, 0.2) is 0 Å². The molecule has 8 aromatic carbocycles. The van der Waals surface area contributed by atoms with Crippen LogP contribution in [0.5, 0.6) is 0 Å². The van der Waals surface area contributed by atoms with Crippen LogP contribution in [0.1, 0.15) is 68.6 Å². The molecule has 10 rings (SSSR count). The topological polar surface area (TPSA) is 3.24 Å². The van der Waals surface area contributed by atoms with Gasteiger partial charge < -0.3 is 4.90 Å². The van der Waals surface area contributed by atoms with Crippen LogP contribution in [0.3, 0.4) is 0 Å². The van der Waals surface area contributed by atoms with Gasteiger partial charge in [-0.3, -0.25) is 0 Å². The Balaban J connectivity index is 1.21. The van der Waals surface area contributed by atoms with Crippen LogP contribution in [0, 0.1) is 0 Å². The van der Waals surface area contributed by atoms with Crippen LogP contribution in [0.2, 0.25) is 0 Å². The summed E-state index contributed by atoms with van der Waals surface area (Å²) in [6.45, 7) is 4.77. The predicted molar refractivity (Wildman–Crippen MR) is 238 cm³/mol. The number of hydrogen-bond acceptors (Lipinski definition) is 1. The minimum atomic E-state index is -0.116. The SMILES string of the molecule is CC1(C)c2ccccc2-c2cccc(-c3cccc(N(c4ccccc4-c4ccccc4)c4ccccc4-c4cccc5cccc(C6CCCCC6)c45)c3)c21. The number of rotatable bonds is 7. The van der Waals surface area contributed by atoms with Crippen LogP contribution < -0.4 is 4.90 Å². The van der Waals surface area contributed by atoms with E-state index in [4.69, 9.17) is 0 Å². The van der Waals surface area contributed by atoms with Gasteiger partial charge in [-0.2, -0.15) is 0 Å². The first-order valence-corrected chi connectivity index (χ1v) is 20.5. The summed E-state index contributed by atoms with van der Waals surface area (Å²) in [4.78, 5) is 2.52. The van der Waals surface area contributed by atoms with Crippen LogP contribution in [0.25, 0.3) is 55.3 Å². The summed E-state index contributed by atoms with van der Waals surface area (Å²) in [5.74, 6) is 0.593. The van der Waals surface area contributed by atoms with Crippen LogP contribution >= 0.6 is 0 Å². The maximum atomic E-state index is 2.52. The fourth-order valence-electron chi connectivity index (χ4n) is 10.1. The average molecular weight is 722 g/mol. The number of benzene rings is 8. The number of nitrogens with zero attached hydrogens (tertiary/aromatic N) is 1. The summed E-state index contributed by atoms with van der Waals surface area (Å²) >= 11 is 0. The molecule has 1 heteroatoms. The predicted octanol–water partition coefficient (Wildman–Crippen LogP) is 15.7. The number of anilines is 3. The molecule has 0 unspecified atom stereocenters. The largest absolute Gasteiger partial charge is 0.309 e. The zero-order valence-corrected chi connectivity index (χ0v) is 32.4. The zero-order valence-electron chi connectivity index (χ0n) is 32.4. The molecule has 8 aromatic rings. The molecule has 0 N–H and O–H groups in total. The van der Waals surface area contributed by atoms with E-state index in [0.29, 0.717) is 5.92 Å². The van der Waals surface area contributed by atoms with Gasteiger partial charge in [0.25, 0.3) is 0 Å². The Bertz CT molecular complexity index is 2710. The average Bonchev–Trinajstić information content (AvgIpc) is 3.50. The maximum absolute atomic E-state index is 2.52. The van der Waals surface area contributed by atoms with Crippen LogP contribution in [-0.2, 0) is 5.41 Å². The second kappa shape index (κ2) is 14.2. The van der Waals surface area contributed by atoms with Gasteiger partial charge in [0.05, 0.1) is 11.4 Å². The molecule has 272 valence electrons. The number of hydrogen-bond donors (Lipinski definition) is 0. The van der Waals surface area contributed by atoms with Crippen molar-refractivity contribution in [2.75, 3.05) is 4.90 Å². The van der Waals surface area contributed by atoms with Gasteiger partial charge in [-0.25, -0.2) is 0 Å². The smallest absolute Gasteiger partial charge is 0.0540 e. The molecule has 0 heterocycles. The van der Waals surface area contributed by atoms with E-state index in [2.05, 4.69) is 201 Å². The van der Waals surface area contributed by atoms with E-state index in [1.165, 1.54) is 110 Å². The lowest BCUT2D eigenvalue weighted by molar-refractivity contribution is 0.445. The maximum Gasteiger partial charge on any atom is 0.0540 e. The van der Waals surface area contributed by atoms with E-state index in [1.54, 1.807) is 0 Å². The molecule has 0 bridgehead atoms. The molecule has 1 saturated carbocycles. The van der Waals surface area contributed by atoms with Crippen molar-refractivity contribution in [2.45, 2.75) is 57.3 Å². The molecule has 0 atom stereocenters. The van der Waals surface area contributed by atoms with Gasteiger partial charge in [-0.15, -0.1) is 0 Å². The van der Waals surface area contributed by atoms with E-state index in [-0.39, 0.29) is 5.41 Å². The Hall–Kier alpha value is -6.18. The third kappa shape index (κ3) is 5.77. The second-order valence-corrected chi connectivity index (χ2v) is 16.3. The Morgan fingerprint density at radius 1 is 0.446 bits per heavy atom. The van der Waals surface area contributed by atoms with Crippen molar-refractivity contribution in [1.82, 2.24) is 0 Å². The van der Waals surface area contributed by atoms with Gasteiger partial charge in [-0.05, 0) is 104 Å². The highest BCUT2D eigenvalue weighted by molar-refractivity contribution is 6.04. The van der Waals surface area contributed by atoms with Gasteiger partial charge in [-0.1, -0.05) is 191 Å². The Kier molecular flexibility index (Phi) is 8.67. The molecule has 0 spiro atoms. The minimum absolute atomic E-state index is 0.116. The summed E-state index contributed by atoms with van der Waals surface area (Å²) in [5, 5.41) is 2.72. The first-order valence-electron chi connectivity index (χ1n) is 20.5. The van der Waals surface area contributed by atoms with E-state index in [1.807, 2.05) is 0 Å². The lowest BCUT2D eigenvalue weighted by Gasteiger charge is -2.31. The Morgan fingerprint density at radius 2 is 1.02 bits per heavy atom. The van der Waals surface area contributed by atoms with Crippen molar-refractivity contribution in [1.29, 1.82) is 0 Å². The molecule has 0 amide bonds. The van der Waals surface area contributed by atoms with Crippen molar-refractivity contribution < 1.29 is 0 Å². The Morgan fingerprint density at radius 3 is 1.82 bits per heavy atom. The minimum Gasteiger partial charge on any atom is -0.309 e. The molecule has 0 saturated heterocycles. The van der Waals surface area contributed by atoms with Crippen LogP contribution in [0.4, 0.5) is 17.1 Å². The van der Waals surface area contributed by atoms with E-state index < -0.39 is 0 Å². The van der Waals surface area contributed by atoms with Gasteiger partial charge >= 0.3 is 0 Å². The van der Waals surface area contributed by atoms with E-state index in [9.17, 15) is 0 Å². The number of fused-ring (bicyclic) bond motifs is 4. The van der Waals surface area contributed by atoms with Crippen molar-refractivity contribution in [3.63, 3.8) is 0 Å². The van der Waals surface area contributed by atoms with Crippen molar-refractivity contribution in [3.8, 4) is 44.5 Å². The first kappa shape index (κ1) is 34.3. The molecule has 0 aliphatic heterocycles. The lowest BCUT2D eigenvalue weighted by atomic mass is 9.79. The molecule has 0 aromatic heterocycles. The van der Waals surface area contributed by atoms with Gasteiger partial charge in [0.2, 0.25) is 0 Å². The first-order chi connectivity index (χ1) is 27.6. The van der Waals surface area contributed by atoms with Gasteiger partial charge in [0, 0.05) is 22.2 Å². The summed E-state index contributed by atoms with van der Waals surface area (Å²) in [6, 6.07) is 67.8.